The van der Waals surface area contributed by atoms with E-state index in [4.69, 9.17) is 15.2 Å². The van der Waals surface area contributed by atoms with E-state index in [2.05, 4.69) is 15.3 Å². The molecule has 2 amide bonds. The molecule has 0 radical (unpaired) electrons. The summed E-state index contributed by atoms with van der Waals surface area (Å²) in [5.41, 5.74) is 10.1. The minimum Gasteiger partial charge on any atom is -0.483 e. The molecule has 14 heteroatoms. The second kappa shape index (κ2) is 17.3. The van der Waals surface area contributed by atoms with Gasteiger partial charge in [-0.25, -0.2) is 14.6 Å². The minimum atomic E-state index is -4.53. The van der Waals surface area contributed by atoms with Crippen LogP contribution in [0.3, 0.4) is 0 Å². The summed E-state index contributed by atoms with van der Waals surface area (Å²) >= 11 is 0. The smallest absolute Gasteiger partial charge is 0.416 e. The first-order valence-corrected chi connectivity index (χ1v) is 19.1. The Bertz CT molecular complexity index is 2700. The van der Waals surface area contributed by atoms with E-state index in [-0.39, 0.29) is 17.9 Å². The second-order valence-corrected chi connectivity index (χ2v) is 14.4. The highest BCUT2D eigenvalue weighted by atomic mass is 19.4. The summed E-state index contributed by atoms with van der Waals surface area (Å²) in [6, 6.07) is 33.8. The molecule has 0 aliphatic rings. The third-order valence-corrected chi connectivity index (χ3v) is 9.97. The summed E-state index contributed by atoms with van der Waals surface area (Å²) in [6.45, 7) is 5.34. The number of amides is 2. The van der Waals surface area contributed by atoms with Gasteiger partial charge >= 0.3 is 18.2 Å². The van der Waals surface area contributed by atoms with Gasteiger partial charge in [-0.05, 0) is 110 Å². The van der Waals surface area contributed by atoms with Crippen molar-refractivity contribution < 1.29 is 42.1 Å². The van der Waals surface area contributed by atoms with E-state index < -0.39 is 35.9 Å². The lowest BCUT2D eigenvalue weighted by atomic mass is 10.00. The lowest BCUT2D eigenvalue weighted by Gasteiger charge is -2.25. The van der Waals surface area contributed by atoms with Crippen molar-refractivity contribution in [2.24, 2.45) is 5.73 Å². The number of anilines is 3. The molecule has 0 saturated heterocycles. The summed E-state index contributed by atoms with van der Waals surface area (Å²) in [5, 5.41) is 13.1. The monoisotopic (exact) mass is 827 g/mol. The molecule has 0 aliphatic heterocycles. The number of H-pyrrole nitrogens is 1. The Hall–Kier alpha value is -7.61. The molecular formula is C47H40F3N5O6. The Labute approximate surface area is 348 Å². The van der Waals surface area contributed by atoms with Crippen molar-refractivity contribution in [2.45, 2.75) is 45.5 Å². The van der Waals surface area contributed by atoms with Crippen LogP contribution in [0.25, 0.3) is 11.0 Å². The van der Waals surface area contributed by atoms with E-state index in [1.807, 2.05) is 13.0 Å². The number of aromatic nitrogens is 2. The molecule has 61 heavy (non-hydrogen) atoms. The van der Waals surface area contributed by atoms with Gasteiger partial charge in [-0.3, -0.25) is 9.69 Å². The maximum Gasteiger partial charge on any atom is 0.416 e. The van der Waals surface area contributed by atoms with Crippen LogP contribution < -0.4 is 25.4 Å². The molecule has 0 aliphatic carbocycles. The summed E-state index contributed by atoms with van der Waals surface area (Å²) in [7, 11) is 0. The van der Waals surface area contributed by atoms with Crippen molar-refractivity contribution in [3.8, 4) is 17.2 Å². The molecule has 1 aromatic heterocycles. The molecule has 1 heterocycles. The lowest BCUT2D eigenvalue weighted by molar-refractivity contribution is -0.138. The zero-order chi connectivity index (χ0) is 43.4. The molecule has 0 spiro atoms. The number of nitrogens with zero attached hydrogens (tertiary/aromatic N) is 2. The first-order chi connectivity index (χ1) is 29.1. The van der Waals surface area contributed by atoms with Crippen LogP contribution in [0.5, 0.6) is 17.2 Å². The van der Waals surface area contributed by atoms with Gasteiger partial charge in [-0.1, -0.05) is 54.6 Å². The molecular weight excluding hydrogens is 788 g/mol. The number of nitrogens with two attached hydrogens (primary N) is 1. The number of imidazole rings is 1. The number of ether oxygens (including phenoxy) is 2. The number of para-hydroxylation sites is 1. The summed E-state index contributed by atoms with van der Waals surface area (Å²) < 4.78 is 51.9. The van der Waals surface area contributed by atoms with Gasteiger partial charge in [0.1, 0.15) is 29.1 Å². The second-order valence-electron chi connectivity index (χ2n) is 14.4. The van der Waals surface area contributed by atoms with Gasteiger partial charge in [0, 0.05) is 29.3 Å². The van der Waals surface area contributed by atoms with Crippen molar-refractivity contribution in [1.82, 2.24) is 9.97 Å². The zero-order valence-electron chi connectivity index (χ0n) is 33.2. The number of benzene rings is 6. The van der Waals surface area contributed by atoms with E-state index >= 15 is 0 Å². The number of hydrogen-bond acceptors (Lipinski definition) is 7. The molecule has 6 aromatic carbocycles. The SMILES string of the molecule is Cc1cc(Oc2ccc3nc(C(C)Oc4ccc(C[C@H](Nc5ccccc5C(=O)c5ccccc5)C(=O)O)cc4)[nH]c3c2)cc(C)c1N(C(N)=O)c1ccc(C(F)(F)F)cc1. The van der Waals surface area contributed by atoms with Gasteiger partial charge in [0.05, 0.1) is 28.0 Å². The summed E-state index contributed by atoms with van der Waals surface area (Å²) in [4.78, 5) is 47.3. The fourth-order valence-electron chi connectivity index (χ4n) is 7.03. The lowest BCUT2D eigenvalue weighted by Crippen LogP contribution is -2.32. The predicted octanol–water partition coefficient (Wildman–Crippen LogP) is 10.7. The molecule has 0 saturated carbocycles. The number of carbonyl (C=O) groups is 3. The topological polar surface area (TPSA) is 160 Å². The number of fused-ring (bicyclic) bond motifs is 1. The molecule has 5 N–H and O–H groups in total. The van der Waals surface area contributed by atoms with Crippen LogP contribution in [0.1, 0.15) is 57.0 Å². The highest BCUT2D eigenvalue weighted by Gasteiger charge is 2.31. The van der Waals surface area contributed by atoms with Gasteiger partial charge in [-0.2, -0.15) is 13.2 Å². The highest BCUT2D eigenvalue weighted by Crippen LogP contribution is 2.38. The van der Waals surface area contributed by atoms with Crippen LogP contribution in [-0.4, -0.2) is 38.9 Å². The first kappa shape index (κ1) is 41.5. The summed E-state index contributed by atoms with van der Waals surface area (Å²) in [5.74, 6) is 0.776. The number of carboxylic acid groups (broad SMARTS) is 1. The number of hydrogen-bond donors (Lipinski definition) is 4. The van der Waals surface area contributed by atoms with Gasteiger partial charge < -0.3 is 30.6 Å². The molecule has 310 valence electrons. The Morgan fingerprint density at radius 3 is 2.10 bits per heavy atom. The largest absolute Gasteiger partial charge is 0.483 e. The van der Waals surface area contributed by atoms with E-state index in [0.29, 0.717) is 67.7 Å². The standard InChI is InChI=1S/C47H40F3N5O6/c1-27-23-36(24-28(2)42(27)55(46(51)59)33-17-15-32(16-18-33)47(48,49)50)61-35-21-22-39-40(26-35)54-44(53-39)29(3)60-34-19-13-30(14-20-34)25-41(45(57)58)52-38-12-8-7-11-37(38)43(56)31-9-5-4-6-10-31/h4-24,26,29,41,52H,25H2,1-3H3,(H2,51,59)(H,53,54)(H,57,58)/t29?,41-/m0/s1. The van der Waals surface area contributed by atoms with Crippen molar-refractivity contribution >= 4 is 45.9 Å². The van der Waals surface area contributed by atoms with Gasteiger partial charge in [0.15, 0.2) is 11.9 Å². The Morgan fingerprint density at radius 2 is 1.46 bits per heavy atom. The number of halogens is 3. The number of aromatic amines is 1. The van der Waals surface area contributed by atoms with Crippen molar-refractivity contribution in [1.29, 1.82) is 0 Å². The van der Waals surface area contributed by atoms with Crippen molar-refractivity contribution in [3.63, 3.8) is 0 Å². The third kappa shape index (κ3) is 9.49. The average Bonchev–Trinajstić information content (AvgIpc) is 3.66. The fourth-order valence-corrected chi connectivity index (χ4v) is 7.03. The molecule has 1 unspecified atom stereocenters. The number of alkyl halides is 3. The Kier molecular flexibility index (Phi) is 11.8. The number of aliphatic carboxylic acids is 1. The van der Waals surface area contributed by atoms with Gasteiger partial charge in [0.2, 0.25) is 0 Å². The normalized spacial score (nSPS) is 12.4. The number of ketones is 1. The first-order valence-electron chi connectivity index (χ1n) is 19.1. The molecule has 2 atom stereocenters. The maximum atomic E-state index is 13.2. The Balaban J connectivity index is 1.00. The van der Waals surface area contributed by atoms with Gasteiger partial charge in [0.25, 0.3) is 0 Å². The highest BCUT2D eigenvalue weighted by molar-refractivity contribution is 6.12. The molecule has 7 rings (SSSR count). The van der Waals surface area contributed by atoms with Crippen LogP contribution >= 0.6 is 0 Å². The maximum absolute atomic E-state index is 13.2. The van der Waals surface area contributed by atoms with Crippen molar-refractivity contribution in [2.75, 3.05) is 10.2 Å². The Morgan fingerprint density at radius 1 is 0.820 bits per heavy atom. The number of carbonyl (C=O) groups excluding carboxylic acids is 2. The van der Waals surface area contributed by atoms with Crippen molar-refractivity contribution in [3.05, 3.63) is 173 Å². The molecule has 11 nitrogen and oxygen atoms in total. The van der Waals surface area contributed by atoms with Crippen LogP contribution in [-0.2, 0) is 17.4 Å². The summed E-state index contributed by atoms with van der Waals surface area (Å²) in [6.07, 6.45) is -4.88. The van der Waals surface area contributed by atoms with Gasteiger partial charge in [-0.15, -0.1) is 0 Å². The van der Waals surface area contributed by atoms with Crippen LogP contribution in [0, 0.1) is 13.8 Å². The number of rotatable bonds is 14. The number of nitrogens with one attached hydrogen (secondary N) is 2. The third-order valence-electron chi connectivity index (χ3n) is 9.97. The fraction of sp³-hybridized carbons (Fsp3) is 0.149. The van der Waals surface area contributed by atoms with E-state index in [1.54, 1.807) is 117 Å². The van der Waals surface area contributed by atoms with E-state index in [9.17, 15) is 32.7 Å². The number of primary amides is 1. The predicted molar refractivity (Wildman–Crippen MR) is 226 cm³/mol. The number of carboxylic acids is 1. The van der Waals surface area contributed by atoms with E-state index in [0.717, 1.165) is 22.6 Å². The average molecular weight is 828 g/mol. The van der Waals surface area contributed by atoms with Crippen LogP contribution in [0.15, 0.2) is 133 Å². The zero-order valence-corrected chi connectivity index (χ0v) is 33.2. The van der Waals surface area contributed by atoms with Crippen LogP contribution in [0.4, 0.5) is 35.0 Å². The quantitative estimate of drug-likeness (QED) is 0.0788. The molecule has 0 bridgehead atoms. The molecule has 7 aromatic rings. The number of urea groups is 1. The minimum absolute atomic E-state index is 0.144. The van der Waals surface area contributed by atoms with E-state index in [1.165, 1.54) is 12.1 Å². The van der Waals surface area contributed by atoms with Crippen LogP contribution in [0.2, 0.25) is 0 Å². The number of aryl methyl sites for hydroxylation is 2. The molecule has 0 fully saturated rings.